The summed E-state index contributed by atoms with van der Waals surface area (Å²) in [5.41, 5.74) is 3.98. The number of nitrogens with zero attached hydrogens (tertiary/aromatic N) is 6. The predicted molar refractivity (Wildman–Crippen MR) is 113 cm³/mol. The molecule has 148 valence electrons. The third kappa shape index (κ3) is 3.70. The minimum Gasteiger partial charge on any atom is -0.419 e. The van der Waals surface area contributed by atoms with Crippen molar-refractivity contribution >= 4 is 27.0 Å². The lowest BCUT2D eigenvalue weighted by molar-refractivity contribution is 0.154. The first-order valence-corrected chi connectivity index (χ1v) is 10.6. The molecule has 0 saturated carbocycles. The van der Waals surface area contributed by atoms with Gasteiger partial charge in [-0.25, -0.2) is 0 Å². The van der Waals surface area contributed by atoms with Crippen molar-refractivity contribution < 1.29 is 4.42 Å². The molecule has 1 fully saturated rings. The number of piperidine rings is 1. The molecule has 0 atom stereocenters. The first-order valence-electron chi connectivity index (χ1n) is 9.79. The molecular formula is C21H21BrN6O. The second-order valence-corrected chi connectivity index (χ2v) is 8.28. The SMILES string of the molecule is Cc1c(Br)cccc1-c1nnc(CN2CCC(n3nc4ccccc4n3)CC2)o1. The highest BCUT2D eigenvalue weighted by atomic mass is 79.9. The van der Waals surface area contributed by atoms with Gasteiger partial charge >= 0.3 is 0 Å². The van der Waals surface area contributed by atoms with Crippen LogP contribution < -0.4 is 0 Å². The van der Waals surface area contributed by atoms with E-state index in [0.717, 1.165) is 52.6 Å². The Morgan fingerprint density at radius 3 is 2.45 bits per heavy atom. The number of rotatable bonds is 4. The van der Waals surface area contributed by atoms with Gasteiger partial charge in [-0.15, -0.1) is 10.2 Å². The van der Waals surface area contributed by atoms with Crippen LogP contribution in [0.5, 0.6) is 0 Å². The van der Waals surface area contributed by atoms with Crippen molar-refractivity contribution in [3.05, 3.63) is 58.4 Å². The molecule has 0 amide bonds. The van der Waals surface area contributed by atoms with E-state index in [1.54, 1.807) is 0 Å². The third-order valence-corrected chi connectivity index (χ3v) is 6.37. The van der Waals surface area contributed by atoms with Crippen molar-refractivity contribution in [2.24, 2.45) is 0 Å². The first-order chi connectivity index (χ1) is 14.2. The Balaban J connectivity index is 1.23. The molecule has 1 saturated heterocycles. The number of halogens is 1. The molecular weight excluding hydrogens is 432 g/mol. The zero-order valence-electron chi connectivity index (χ0n) is 16.1. The fourth-order valence-corrected chi connectivity index (χ4v) is 4.17. The molecule has 3 heterocycles. The molecule has 0 radical (unpaired) electrons. The van der Waals surface area contributed by atoms with Gasteiger partial charge in [-0.3, -0.25) is 4.90 Å². The van der Waals surface area contributed by atoms with E-state index in [-0.39, 0.29) is 0 Å². The molecule has 0 aliphatic carbocycles. The van der Waals surface area contributed by atoms with Crippen LogP contribution in [0.15, 0.2) is 51.4 Å². The Morgan fingerprint density at radius 1 is 1.00 bits per heavy atom. The monoisotopic (exact) mass is 452 g/mol. The third-order valence-electron chi connectivity index (χ3n) is 5.51. The number of hydrogen-bond acceptors (Lipinski definition) is 6. The fourth-order valence-electron chi connectivity index (χ4n) is 3.80. The molecule has 4 aromatic rings. The highest BCUT2D eigenvalue weighted by Crippen LogP contribution is 2.28. The molecule has 0 unspecified atom stereocenters. The summed E-state index contributed by atoms with van der Waals surface area (Å²) < 4.78 is 6.98. The summed E-state index contributed by atoms with van der Waals surface area (Å²) in [6.07, 6.45) is 2.01. The minimum absolute atomic E-state index is 0.334. The maximum Gasteiger partial charge on any atom is 0.248 e. The lowest BCUT2D eigenvalue weighted by Gasteiger charge is -2.30. The smallest absolute Gasteiger partial charge is 0.248 e. The zero-order valence-corrected chi connectivity index (χ0v) is 17.7. The Kier molecular flexibility index (Phi) is 4.89. The van der Waals surface area contributed by atoms with Gasteiger partial charge in [0, 0.05) is 23.1 Å². The second-order valence-electron chi connectivity index (χ2n) is 7.43. The standard InChI is InChI=1S/C21H21BrN6O/c1-14-16(5-4-6-17(14)22)21-24-23-20(29-21)13-27-11-9-15(10-12-27)28-25-18-7-2-3-8-19(18)26-28/h2-8,15H,9-13H2,1H3. The van der Waals surface area contributed by atoms with Crippen molar-refractivity contribution in [1.82, 2.24) is 30.1 Å². The maximum absolute atomic E-state index is 5.95. The normalized spacial score (nSPS) is 15.9. The van der Waals surface area contributed by atoms with Gasteiger partial charge < -0.3 is 4.42 Å². The number of hydrogen-bond donors (Lipinski definition) is 0. The quantitative estimate of drug-likeness (QED) is 0.457. The highest BCUT2D eigenvalue weighted by Gasteiger charge is 2.24. The summed E-state index contributed by atoms with van der Waals surface area (Å²) in [5.74, 6) is 1.22. The van der Waals surface area contributed by atoms with Crippen LogP contribution >= 0.6 is 15.9 Å². The largest absolute Gasteiger partial charge is 0.419 e. The molecule has 0 spiro atoms. The van der Waals surface area contributed by atoms with Crippen molar-refractivity contribution in [2.75, 3.05) is 13.1 Å². The fraction of sp³-hybridized carbons (Fsp3) is 0.333. The lowest BCUT2D eigenvalue weighted by atomic mass is 10.1. The predicted octanol–water partition coefficient (Wildman–Crippen LogP) is 4.39. The van der Waals surface area contributed by atoms with E-state index in [9.17, 15) is 0 Å². The van der Waals surface area contributed by atoms with Crippen molar-refractivity contribution in [2.45, 2.75) is 32.4 Å². The summed E-state index contributed by atoms with van der Waals surface area (Å²) in [6, 6.07) is 14.3. The van der Waals surface area contributed by atoms with Crippen LogP contribution in [0.25, 0.3) is 22.5 Å². The van der Waals surface area contributed by atoms with Crippen molar-refractivity contribution in [3.63, 3.8) is 0 Å². The number of likely N-dealkylation sites (tertiary alicyclic amines) is 1. The zero-order chi connectivity index (χ0) is 19.8. The van der Waals surface area contributed by atoms with E-state index in [1.807, 2.05) is 54.2 Å². The molecule has 5 rings (SSSR count). The van der Waals surface area contributed by atoms with Gasteiger partial charge in [-0.1, -0.05) is 34.1 Å². The van der Waals surface area contributed by atoms with Crippen LogP contribution in [-0.2, 0) is 6.54 Å². The molecule has 0 N–H and O–H groups in total. The molecule has 0 bridgehead atoms. The van der Waals surface area contributed by atoms with Gasteiger partial charge in [0.1, 0.15) is 11.0 Å². The topological polar surface area (TPSA) is 72.9 Å². The summed E-state index contributed by atoms with van der Waals surface area (Å²) in [7, 11) is 0. The van der Waals surface area contributed by atoms with Crippen LogP contribution in [-0.4, -0.2) is 43.2 Å². The summed E-state index contributed by atoms with van der Waals surface area (Å²) >= 11 is 3.56. The van der Waals surface area contributed by atoms with Gasteiger partial charge in [0.2, 0.25) is 11.8 Å². The first kappa shape index (κ1) is 18.4. The average Bonchev–Trinajstić information content (AvgIpc) is 3.37. The van der Waals surface area contributed by atoms with Crippen LogP contribution in [0.4, 0.5) is 0 Å². The van der Waals surface area contributed by atoms with Gasteiger partial charge in [0.05, 0.1) is 12.6 Å². The Hall–Kier alpha value is -2.58. The number of benzene rings is 2. The van der Waals surface area contributed by atoms with Gasteiger partial charge in [0.25, 0.3) is 0 Å². The Morgan fingerprint density at radius 2 is 1.72 bits per heavy atom. The number of aromatic nitrogens is 5. The molecule has 29 heavy (non-hydrogen) atoms. The van der Waals surface area contributed by atoms with Gasteiger partial charge in [0.15, 0.2) is 0 Å². The summed E-state index contributed by atoms with van der Waals surface area (Å²) in [4.78, 5) is 4.24. The number of fused-ring (bicyclic) bond motifs is 1. The van der Waals surface area contributed by atoms with Gasteiger partial charge in [-0.2, -0.15) is 15.0 Å². The van der Waals surface area contributed by atoms with E-state index in [4.69, 9.17) is 4.42 Å². The molecule has 1 aliphatic rings. The molecule has 7 nitrogen and oxygen atoms in total. The van der Waals surface area contributed by atoms with E-state index < -0.39 is 0 Å². The van der Waals surface area contributed by atoms with Gasteiger partial charge in [-0.05, 0) is 49.6 Å². The van der Waals surface area contributed by atoms with E-state index in [1.165, 1.54) is 0 Å². The summed E-state index contributed by atoms with van der Waals surface area (Å²) in [5, 5.41) is 17.8. The van der Waals surface area contributed by atoms with Crippen LogP contribution in [0.1, 0.15) is 30.3 Å². The Bertz CT molecular complexity index is 1110. The lowest BCUT2D eigenvalue weighted by Crippen LogP contribution is -2.34. The van der Waals surface area contributed by atoms with E-state index in [2.05, 4.69) is 41.2 Å². The van der Waals surface area contributed by atoms with E-state index in [0.29, 0.717) is 24.4 Å². The summed E-state index contributed by atoms with van der Waals surface area (Å²) in [6.45, 7) is 4.62. The van der Waals surface area contributed by atoms with Crippen LogP contribution in [0, 0.1) is 6.92 Å². The molecule has 8 heteroatoms. The average molecular weight is 453 g/mol. The Labute approximate surface area is 176 Å². The van der Waals surface area contributed by atoms with Crippen LogP contribution in [0.3, 0.4) is 0 Å². The molecule has 2 aromatic heterocycles. The van der Waals surface area contributed by atoms with Crippen LogP contribution in [0.2, 0.25) is 0 Å². The van der Waals surface area contributed by atoms with Crippen molar-refractivity contribution in [3.8, 4) is 11.5 Å². The maximum atomic E-state index is 5.95. The van der Waals surface area contributed by atoms with Crippen molar-refractivity contribution in [1.29, 1.82) is 0 Å². The second kappa shape index (κ2) is 7.68. The van der Waals surface area contributed by atoms with E-state index >= 15 is 0 Å². The highest BCUT2D eigenvalue weighted by molar-refractivity contribution is 9.10. The molecule has 1 aliphatic heterocycles. The molecule has 2 aromatic carbocycles. The minimum atomic E-state index is 0.334.